The number of carbonyl (C=O) groups is 1. The number of carbonyl (C=O) groups excluding carboxylic acids is 1. The van der Waals surface area contributed by atoms with Gasteiger partial charge in [-0.2, -0.15) is 0 Å². The van der Waals surface area contributed by atoms with Crippen molar-refractivity contribution in [2.24, 2.45) is 4.99 Å². The SMILES string of the molecule is CCOC(=O)C1=C(C)N=c2s/c(=C\c3ccc(N(C)C)c(Br)c3)c(=O)n2[C@@H]1c1ccc(C)cc1. The van der Waals surface area contributed by atoms with Gasteiger partial charge in [-0.1, -0.05) is 47.2 Å². The lowest BCUT2D eigenvalue weighted by molar-refractivity contribution is -0.139. The number of aryl methyl sites for hydroxylation is 1. The van der Waals surface area contributed by atoms with Crippen LogP contribution in [0.2, 0.25) is 0 Å². The number of ether oxygens (including phenoxy) is 1. The van der Waals surface area contributed by atoms with Gasteiger partial charge in [0.25, 0.3) is 5.56 Å². The van der Waals surface area contributed by atoms with Crippen molar-refractivity contribution in [2.75, 3.05) is 25.6 Å². The van der Waals surface area contributed by atoms with Crippen molar-refractivity contribution < 1.29 is 9.53 Å². The van der Waals surface area contributed by atoms with E-state index in [4.69, 9.17) is 4.74 Å². The van der Waals surface area contributed by atoms with Crippen LogP contribution in [0.4, 0.5) is 5.69 Å². The fourth-order valence-corrected chi connectivity index (χ4v) is 5.78. The molecule has 176 valence electrons. The molecule has 0 radical (unpaired) electrons. The summed E-state index contributed by atoms with van der Waals surface area (Å²) in [6.45, 7) is 5.81. The van der Waals surface area contributed by atoms with Gasteiger partial charge in [0, 0.05) is 18.6 Å². The van der Waals surface area contributed by atoms with Crippen molar-refractivity contribution in [3.05, 3.63) is 94.6 Å². The third kappa shape index (κ3) is 4.52. The molecule has 0 fully saturated rings. The Morgan fingerprint density at radius 2 is 1.91 bits per heavy atom. The Morgan fingerprint density at radius 1 is 1.21 bits per heavy atom. The summed E-state index contributed by atoms with van der Waals surface area (Å²) in [4.78, 5) is 33.8. The van der Waals surface area contributed by atoms with E-state index in [1.54, 1.807) is 18.4 Å². The highest BCUT2D eigenvalue weighted by molar-refractivity contribution is 9.10. The van der Waals surface area contributed by atoms with Crippen LogP contribution in [0.5, 0.6) is 0 Å². The van der Waals surface area contributed by atoms with Crippen LogP contribution < -0.4 is 19.8 Å². The average Bonchev–Trinajstić information content (AvgIpc) is 3.08. The summed E-state index contributed by atoms with van der Waals surface area (Å²) in [5.74, 6) is -0.452. The summed E-state index contributed by atoms with van der Waals surface area (Å²) < 4.78 is 8.45. The Morgan fingerprint density at radius 3 is 2.53 bits per heavy atom. The number of esters is 1. The monoisotopic (exact) mass is 539 g/mol. The fourth-order valence-electron chi connectivity index (χ4n) is 3.98. The molecular formula is C26H26BrN3O3S. The van der Waals surface area contributed by atoms with E-state index in [9.17, 15) is 9.59 Å². The zero-order chi connectivity index (χ0) is 24.6. The van der Waals surface area contributed by atoms with Gasteiger partial charge in [-0.25, -0.2) is 9.79 Å². The molecule has 0 saturated heterocycles. The van der Waals surface area contributed by atoms with Crippen molar-refractivity contribution in [3.8, 4) is 0 Å². The molecule has 6 nitrogen and oxygen atoms in total. The maximum absolute atomic E-state index is 13.6. The van der Waals surface area contributed by atoms with Gasteiger partial charge in [0.2, 0.25) is 0 Å². The molecule has 2 heterocycles. The number of halogens is 1. The van der Waals surface area contributed by atoms with Crippen LogP contribution in [0.25, 0.3) is 6.08 Å². The molecule has 1 aliphatic rings. The highest BCUT2D eigenvalue weighted by Crippen LogP contribution is 2.31. The summed E-state index contributed by atoms with van der Waals surface area (Å²) in [7, 11) is 3.96. The molecule has 0 saturated carbocycles. The van der Waals surface area contributed by atoms with Crippen LogP contribution in [0.3, 0.4) is 0 Å². The highest BCUT2D eigenvalue weighted by Gasteiger charge is 2.33. The van der Waals surface area contributed by atoms with E-state index in [0.29, 0.717) is 20.6 Å². The van der Waals surface area contributed by atoms with Gasteiger partial charge in [0.1, 0.15) is 0 Å². The van der Waals surface area contributed by atoms with E-state index in [0.717, 1.165) is 26.9 Å². The predicted molar refractivity (Wildman–Crippen MR) is 140 cm³/mol. The number of aromatic nitrogens is 1. The Kier molecular flexibility index (Phi) is 6.91. The van der Waals surface area contributed by atoms with Gasteiger partial charge < -0.3 is 9.64 Å². The molecule has 0 aliphatic carbocycles. The Bertz CT molecular complexity index is 1470. The van der Waals surface area contributed by atoms with Gasteiger partial charge in [-0.05, 0) is 66.0 Å². The van der Waals surface area contributed by atoms with E-state index >= 15 is 0 Å². The van der Waals surface area contributed by atoms with Crippen molar-refractivity contribution >= 4 is 45.0 Å². The predicted octanol–water partition coefficient (Wildman–Crippen LogP) is 3.94. The zero-order valence-electron chi connectivity index (χ0n) is 19.8. The normalized spacial score (nSPS) is 15.7. The Hall–Kier alpha value is -2.97. The van der Waals surface area contributed by atoms with Gasteiger partial charge in [0.15, 0.2) is 4.80 Å². The average molecular weight is 540 g/mol. The van der Waals surface area contributed by atoms with Crippen LogP contribution in [0, 0.1) is 6.92 Å². The van der Waals surface area contributed by atoms with Crippen LogP contribution in [0.1, 0.15) is 36.6 Å². The largest absolute Gasteiger partial charge is 0.463 e. The molecule has 8 heteroatoms. The first-order valence-corrected chi connectivity index (χ1v) is 12.5. The maximum atomic E-state index is 13.6. The number of benzene rings is 2. The molecule has 1 aliphatic heterocycles. The number of allylic oxidation sites excluding steroid dienone is 1. The minimum Gasteiger partial charge on any atom is -0.463 e. The molecule has 34 heavy (non-hydrogen) atoms. The number of anilines is 1. The van der Waals surface area contributed by atoms with Crippen LogP contribution >= 0.6 is 27.3 Å². The van der Waals surface area contributed by atoms with Crippen LogP contribution in [-0.2, 0) is 9.53 Å². The van der Waals surface area contributed by atoms with Crippen molar-refractivity contribution in [2.45, 2.75) is 26.8 Å². The van der Waals surface area contributed by atoms with Gasteiger partial charge in [0.05, 0.1) is 34.1 Å². The van der Waals surface area contributed by atoms with Crippen molar-refractivity contribution in [3.63, 3.8) is 0 Å². The lowest BCUT2D eigenvalue weighted by Gasteiger charge is -2.24. The topological polar surface area (TPSA) is 63.9 Å². The molecule has 0 unspecified atom stereocenters. The summed E-state index contributed by atoms with van der Waals surface area (Å²) in [5, 5.41) is 0. The molecule has 2 aromatic carbocycles. The number of fused-ring (bicyclic) bond motifs is 1. The smallest absolute Gasteiger partial charge is 0.338 e. The number of rotatable bonds is 5. The summed E-state index contributed by atoms with van der Waals surface area (Å²) >= 11 is 4.93. The first kappa shape index (κ1) is 24.2. The van der Waals surface area contributed by atoms with Crippen LogP contribution in [-0.4, -0.2) is 31.2 Å². The standard InChI is InChI=1S/C26H26BrN3O3S/c1-6-33-25(32)22-16(3)28-26-30(23(22)18-10-7-15(2)8-11-18)24(31)21(34-26)14-17-9-12-20(29(4)5)19(27)13-17/h7-14,23H,6H2,1-5H3/b21-14-/t23-/m1/s1. The van der Waals surface area contributed by atoms with Crippen molar-refractivity contribution in [1.29, 1.82) is 0 Å². The van der Waals surface area contributed by atoms with E-state index in [1.165, 1.54) is 11.3 Å². The van der Waals surface area contributed by atoms with Gasteiger partial charge in [-0.15, -0.1) is 0 Å². The number of thiazole rings is 1. The first-order chi connectivity index (χ1) is 16.2. The summed E-state index contributed by atoms with van der Waals surface area (Å²) in [6.07, 6.45) is 1.86. The lowest BCUT2D eigenvalue weighted by Crippen LogP contribution is -2.39. The maximum Gasteiger partial charge on any atom is 0.338 e. The Labute approximate surface area is 210 Å². The fraction of sp³-hybridized carbons (Fsp3) is 0.269. The van der Waals surface area contributed by atoms with Gasteiger partial charge >= 0.3 is 5.97 Å². The molecular weight excluding hydrogens is 514 g/mol. The third-order valence-electron chi connectivity index (χ3n) is 5.66. The van der Waals surface area contributed by atoms with E-state index in [2.05, 4.69) is 20.9 Å². The molecule has 1 aromatic heterocycles. The van der Waals surface area contributed by atoms with E-state index in [-0.39, 0.29) is 12.2 Å². The first-order valence-electron chi connectivity index (χ1n) is 10.9. The molecule has 0 spiro atoms. The number of hydrogen-bond acceptors (Lipinski definition) is 6. The molecule has 0 bridgehead atoms. The molecule has 3 aromatic rings. The third-order valence-corrected chi connectivity index (χ3v) is 7.28. The van der Waals surface area contributed by atoms with Gasteiger partial charge in [-0.3, -0.25) is 9.36 Å². The van der Waals surface area contributed by atoms with Crippen molar-refractivity contribution in [1.82, 2.24) is 4.57 Å². The second-order valence-electron chi connectivity index (χ2n) is 8.32. The minimum atomic E-state index is -0.596. The summed E-state index contributed by atoms with van der Waals surface area (Å²) in [6, 6.07) is 13.2. The summed E-state index contributed by atoms with van der Waals surface area (Å²) in [5.41, 5.74) is 4.66. The Balaban J connectivity index is 1.91. The van der Waals surface area contributed by atoms with E-state index in [1.807, 2.05) is 74.5 Å². The lowest BCUT2D eigenvalue weighted by atomic mass is 9.95. The minimum absolute atomic E-state index is 0.184. The number of nitrogens with zero attached hydrogens (tertiary/aromatic N) is 3. The second-order valence-corrected chi connectivity index (χ2v) is 10.2. The molecule has 0 N–H and O–H groups in total. The zero-order valence-corrected chi connectivity index (χ0v) is 22.2. The molecule has 0 amide bonds. The number of hydrogen-bond donors (Lipinski definition) is 0. The van der Waals surface area contributed by atoms with Crippen LogP contribution in [0.15, 0.2) is 68.0 Å². The highest BCUT2D eigenvalue weighted by atomic mass is 79.9. The molecule has 4 rings (SSSR count). The van der Waals surface area contributed by atoms with E-state index < -0.39 is 12.0 Å². The molecule has 1 atom stereocenters. The second kappa shape index (κ2) is 9.72. The quantitative estimate of drug-likeness (QED) is 0.460.